The van der Waals surface area contributed by atoms with Crippen LogP contribution in [0.5, 0.6) is 0 Å². The van der Waals surface area contributed by atoms with E-state index in [9.17, 15) is 9.59 Å². The molecule has 1 rings (SSSR count). The van der Waals surface area contributed by atoms with Gasteiger partial charge in [-0.3, -0.25) is 4.79 Å². The molecule has 1 unspecified atom stereocenters. The molecule has 0 saturated carbocycles. The molecule has 2 N–H and O–H groups in total. The maximum atomic E-state index is 11.8. The Balaban J connectivity index is 2.66. The first-order chi connectivity index (χ1) is 8.37. The Hall–Kier alpha value is -1.55. The molecule has 0 saturated heterocycles. The lowest BCUT2D eigenvalue weighted by Gasteiger charge is -2.24. The van der Waals surface area contributed by atoms with Crippen LogP contribution in [0.1, 0.15) is 25.8 Å². The molecule has 1 aromatic rings. The highest BCUT2D eigenvalue weighted by Gasteiger charge is 2.32. The van der Waals surface area contributed by atoms with Crippen molar-refractivity contribution >= 4 is 23.5 Å². The lowest BCUT2D eigenvalue weighted by molar-refractivity contribution is -0.146. The van der Waals surface area contributed by atoms with E-state index in [1.807, 2.05) is 0 Å². The van der Waals surface area contributed by atoms with E-state index in [0.717, 1.165) is 5.56 Å². The molecule has 1 atom stereocenters. The molecule has 0 spiro atoms. The summed E-state index contributed by atoms with van der Waals surface area (Å²) in [6.07, 6.45) is 0.467. The van der Waals surface area contributed by atoms with Crippen molar-refractivity contribution in [3.63, 3.8) is 0 Å². The van der Waals surface area contributed by atoms with Gasteiger partial charge >= 0.3 is 5.97 Å². The lowest BCUT2D eigenvalue weighted by atomic mass is 9.98. The Morgan fingerprint density at radius 1 is 1.33 bits per heavy atom. The van der Waals surface area contributed by atoms with E-state index in [0.29, 0.717) is 11.4 Å². The Bertz CT molecular complexity index is 444. The number of amides is 1. The number of carboxylic acid groups (broad SMARTS) is 1. The first-order valence-corrected chi connectivity index (χ1v) is 6.04. The number of carbonyl (C=O) groups excluding carboxylic acids is 1. The summed E-state index contributed by atoms with van der Waals surface area (Å²) in [5.74, 6) is -1.35. The van der Waals surface area contributed by atoms with Crippen LogP contribution >= 0.6 is 11.6 Å². The fraction of sp³-hybridized carbons (Fsp3) is 0.385. The van der Waals surface area contributed by atoms with Crippen molar-refractivity contribution in [3.05, 3.63) is 34.9 Å². The van der Waals surface area contributed by atoms with Crippen molar-refractivity contribution in [1.82, 2.24) is 5.32 Å². The monoisotopic (exact) mass is 269 g/mol. The minimum atomic E-state index is -1.22. The van der Waals surface area contributed by atoms with Crippen molar-refractivity contribution in [2.45, 2.75) is 32.2 Å². The summed E-state index contributed by atoms with van der Waals surface area (Å²) in [5.41, 5.74) is -0.426. The molecule has 0 heterocycles. The van der Waals surface area contributed by atoms with Crippen LogP contribution in [0.3, 0.4) is 0 Å². The highest BCUT2D eigenvalue weighted by Crippen LogP contribution is 2.12. The summed E-state index contributed by atoms with van der Waals surface area (Å²) in [6, 6.07) is 6.87. The molecule has 4 nitrogen and oxygen atoms in total. The number of halogens is 1. The number of benzene rings is 1. The average Bonchev–Trinajstić information content (AvgIpc) is 2.31. The van der Waals surface area contributed by atoms with Crippen LogP contribution in [0, 0.1) is 0 Å². The maximum absolute atomic E-state index is 11.8. The SMILES string of the molecule is CCC(C)(NC(=O)Cc1ccc(Cl)cc1)C(=O)O. The molecule has 98 valence electrons. The summed E-state index contributed by atoms with van der Waals surface area (Å²) in [5, 5.41) is 12.2. The largest absolute Gasteiger partial charge is 0.480 e. The van der Waals surface area contributed by atoms with Gasteiger partial charge in [0.15, 0.2) is 0 Å². The third kappa shape index (κ3) is 3.74. The lowest BCUT2D eigenvalue weighted by Crippen LogP contribution is -2.52. The zero-order valence-corrected chi connectivity index (χ0v) is 11.1. The fourth-order valence-electron chi connectivity index (χ4n) is 1.43. The van der Waals surface area contributed by atoms with Crippen LogP contribution in [0.25, 0.3) is 0 Å². The molecule has 0 bridgehead atoms. The molecule has 1 aromatic carbocycles. The molecule has 0 aliphatic rings. The highest BCUT2D eigenvalue weighted by atomic mass is 35.5. The van der Waals surface area contributed by atoms with Gasteiger partial charge in [-0.25, -0.2) is 4.79 Å². The normalized spacial score (nSPS) is 13.7. The van der Waals surface area contributed by atoms with Gasteiger partial charge in [-0.2, -0.15) is 0 Å². The molecule has 5 heteroatoms. The van der Waals surface area contributed by atoms with Crippen molar-refractivity contribution < 1.29 is 14.7 Å². The van der Waals surface area contributed by atoms with E-state index >= 15 is 0 Å². The third-order valence-corrected chi connectivity index (χ3v) is 3.12. The minimum absolute atomic E-state index is 0.139. The van der Waals surface area contributed by atoms with Crippen molar-refractivity contribution in [2.24, 2.45) is 0 Å². The Kier molecular flexibility index (Phi) is 4.73. The van der Waals surface area contributed by atoms with Gasteiger partial charge in [-0.1, -0.05) is 30.7 Å². The van der Waals surface area contributed by atoms with E-state index in [4.69, 9.17) is 16.7 Å². The average molecular weight is 270 g/mol. The summed E-state index contributed by atoms with van der Waals surface area (Å²) in [6.45, 7) is 3.21. The molecule has 0 radical (unpaired) electrons. The Morgan fingerprint density at radius 3 is 2.33 bits per heavy atom. The predicted octanol–water partition coefficient (Wildman–Crippen LogP) is 2.25. The molecule has 18 heavy (non-hydrogen) atoms. The zero-order valence-electron chi connectivity index (χ0n) is 10.4. The van der Waals surface area contributed by atoms with E-state index in [1.54, 1.807) is 31.2 Å². The van der Waals surface area contributed by atoms with Crippen molar-refractivity contribution in [1.29, 1.82) is 0 Å². The first-order valence-electron chi connectivity index (χ1n) is 5.66. The second kappa shape index (κ2) is 5.87. The fourth-order valence-corrected chi connectivity index (χ4v) is 1.56. The van der Waals surface area contributed by atoms with Crippen LogP contribution in [0.2, 0.25) is 5.02 Å². The second-order valence-corrected chi connectivity index (χ2v) is 4.78. The van der Waals surface area contributed by atoms with E-state index in [2.05, 4.69) is 5.32 Å². The maximum Gasteiger partial charge on any atom is 0.329 e. The summed E-state index contributed by atoms with van der Waals surface area (Å²) in [7, 11) is 0. The number of carboxylic acids is 1. The number of carbonyl (C=O) groups is 2. The number of hydrogen-bond acceptors (Lipinski definition) is 2. The summed E-state index contributed by atoms with van der Waals surface area (Å²) >= 11 is 5.74. The van der Waals surface area contributed by atoms with Crippen LogP contribution in [0.15, 0.2) is 24.3 Å². The van der Waals surface area contributed by atoms with E-state index in [1.165, 1.54) is 6.92 Å². The van der Waals surface area contributed by atoms with Crippen molar-refractivity contribution in [3.8, 4) is 0 Å². The van der Waals surface area contributed by atoms with Crippen LogP contribution in [-0.4, -0.2) is 22.5 Å². The first kappa shape index (κ1) is 14.5. The molecule has 1 amide bonds. The topological polar surface area (TPSA) is 66.4 Å². The molecule has 0 aliphatic carbocycles. The Morgan fingerprint density at radius 2 is 1.89 bits per heavy atom. The number of hydrogen-bond donors (Lipinski definition) is 2. The molecule has 0 aromatic heterocycles. The van der Waals surface area contributed by atoms with Crippen LogP contribution in [0.4, 0.5) is 0 Å². The molecular formula is C13H16ClNO3. The highest BCUT2D eigenvalue weighted by molar-refractivity contribution is 6.30. The van der Waals surface area contributed by atoms with E-state index in [-0.39, 0.29) is 12.3 Å². The standard InChI is InChI=1S/C13H16ClNO3/c1-3-13(2,12(17)18)15-11(16)8-9-4-6-10(14)7-5-9/h4-7H,3,8H2,1-2H3,(H,15,16)(H,17,18). The van der Waals surface area contributed by atoms with Crippen LogP contribution < -0.4 is 5.32 Å². The van der Waals surface area contributed by atoms with Gasteiger partial charge in [-0.05, 0) is 31.0 Å². The second-order valence-electron chi connectivity index (χ2n) is 4.34. The van der Waals surface area contributed by atoms with Gasteiger partial charge in [0.05, 0.1) is 6.42 Å². The molecular weight excluding hydrogens is 254 g/mol. The Labute approximate surface area is 111 Å². The van der Waals surface area contributed by atoms with Crippen molar-refractivity contribution in [2.75, 3.05) is 0 Å². The van der Waals surface area contributed by atoms with Gasteiger partial charge in [0.1, 0.15) is 5.54 Å². The minimum Gasteiger partial charge on any atom is -0.480 e. The van der Waals surface area contributed by atoms with Gasteiger partial charge in [0, 0.05) is 5.02 Å². The quantitative estimate of drug-likeness (QED) is 0.862. The van der Waals surface area contributed by atoms with Gasteiger partial charge in [-0.15, -0.1) is 0 Å². The third-order valence-electron chi connectivity index (χ3n) is 2.87. The van der Waals surface area contributed by atoms with Gasteiger partial charge in [0.25, 0.3) is 0 Å². The number of rotatable bonds is 5. The molecule has 0 aliphatic heterocycles. The smallest absolute Gasteiger partial charge is 0.329 e. The van der Waals surface area contributed by atoms with Gasteiger partial charge in [0.2, 0.25) is 5.91 Å². The molecule has 0 fully saturated rings. The zero-order chi connectivity index (χ0) is 13.8. The number of nitrogens with one attached hydrogen (secondary N) is 1. The van der Waals surface area contributed by atoms with Crippen LogP contribution in [-0.2, 0) is 16.0 Å². The summed E-state index contributed by atoms with van der Waals surface area (Å²) in [4.78, 5) is 22.8. The number of aliphatic carboxylic acids is 1. The van der Waals surface area contributed by atoms with E-state index < -0.39 is 11.5 Å². The predicted molar refractivity (Wildman–Crippen MR) is 69.6 cm³/mol. The summed E-state index contributed by atoms with van der Waals surface area (Å²) < 4.78 is 0. The van der Waals surface area contributed by atoms with Gasteiger partial charge < -0.3 is 10.4 Å².